The third kappa shape index (κ3) is 6.40. The van der Waals surface area contributed by atoms with E-state index in [9.17, 15) is 9.59 Å². The number of carbonyl (C=O) groups is 2. The predicted molar refractivity (Wildman–Crippen MR) is 99.4 cm³/mol. The number of carbonyl (C=O) groups excluding carboxylic acids is 2. The van der Waals surface area contributed by atoms with Gasteiger partial charge in [-0.2, -0.15) is 0 Å². The molecule has 5 nitrogen and oxygen atoms in total. The van der Waals surface area contributed by atoms with E-state index < -0.39 is 5.91 Å². The topological polar surface area (TPSA) is 81.4 Å². The zero-order valence-corrected chi connectivity index (χ0v) is 15.1. The van der Waals surface area contributed by atoms with E-state index in [1.54, 1.807) is 6.07 Å². The zero-order chi connectivity index (χ0) is 18.1. The lowest BCUT2D eigenvalue weighted by molar-refractivity contribution is -0.121. The quantitative estimate of drug-likeness (QED) is 0.712. The largest absolute Gasteiger partial charge is 0.491 e. The molecule has 1 saturated carbocycles. The summed E-state index contributed by atoms with van der Waals surface area (Å²) in [5.41, 5.74) is 5.78. The lowest BCUT2D eigenvalue weighted by Gasteiger charge is -2.28. The molecule has 0 bridgehead atoms. The van der Waals surface area contributed by atoms with Gasteiger partial charge in [-0.15, -0.1) is 0 Å². The van der Waals surface area contributed by atoms with Gasteiger partial charge < -0.3 is 15.8 Å². The molecule has 0 heterocycles. The Labute approximate surface area is 150 Å². The fraction of sp³-hybridized carbons (Fsp3) is 0.600. The number of rotatable bonds is 9. The molecular weight excluding hydrogens is 316 g/mol. The number of ether oxygens (including phenoxy) is 1. The third-order valence-electron chi connectivity index (χ3n) is 4.93. The number of primary amides is 1. The van der Waals surface area contributed by atoms with Crippen molar-refractivity contribution in [1.29, 1.82) is 0 Å². The molecule has 0 radical (unpaired) electrons. The van der Waals surface area contributed by atoms with Gasteiger partial charge in [-0.1, -0.05) is 38.3 Å². The normalized spacial score (nSPS) is 20.0. The minimum atomic E-state index is -0.402. The summed E-state index contributed by atoms with van der Waals surface area (Å²) in [4.78, 5) is 23.4. The van der Waals surface area contributed by atoms with Crippen LogP contribution in [-0.4, -0.2) is 18.4 Å². The molecule has 0 unspecified atom stereocenters. The van der Waals surface area contributed by atoms with Crippen LogP contribution in [0.2, 0.25) is 0 Å². The number of amides is 2. The van der Waals surface area contributed by atoms with Crippen LogP contribution in [0.25, 0.3) is 0 Å². The molecule has 1 fully saturated rings. The molecule has 5 heteroatoms. The lowest BCUT2D eigenvalue weighted by Crippen LogP contribution is -2.27. The highest BCUT2D eigenvalue weighted by atomic mass is 16.5. The van der Waals surface area contributed by atoms with Gasteiger partial charge in [0.05, 0.1) is 18.7 Å². The predicted octanol–water partition coefficient (Wildman–Crippen LogP) is 3.88. The van der Waals surface area contributed by atoms with Crippen molar-refractivity contribution < 1.29 is 14.3 Å². The Morgan fingerprint density at radius 3 is 2.60 bits per heavy atom. The lowest BCUT2D eigenvalue weighted by atomic mass is 9.79. The molecular formula is C20H30N2O3. The Balaban J connectivity index is 1.85. The van der Waals surface area contributed by atoms with E-state index in [0.717, 1.165) is 31.6 Å². The minimum absolute atomic E-state index is 0.0693. The van der Waals surface area contributed by atoms with Crippen molar-refractivity contribution in [3.63, 3.8) is 0 Å². The van der Waals surface area contributed by atoms with Crippen LogP contribution in [0.5, 0.6) is 5.75 Å². The van der Waals surface area contributed by atoms with Crippen LogP contribution in [0.1, 0.15) is 58.3 Å². The molecule has 25 heavy (non-hydrogen) atoms. The number of hydrogen-bond donors (Lipinski definition) is 2. The first-order valence-corrected chi connectivity index (χ1v) is 9.41. The summed E-state index contributed by atoms with van der Waals surface area (Å²) in [5, 5.41) is 3.00. The maximum Gasteiger partial charge on any atom is 0.227 e. The van der Waals surface area contributed by atoms with E-state index in [2.05, 4.69) is 12.2 Å². The van der Waals surface area contributed by atoms with Gasteiger partial charge >= 0.3 is 0 Å². The van der Waals surface area contributed by atoms with Gasteiger partial charge in [-0.3, -0.25) is 9.59 Å². The van der Waals surface area contributed by atoms with Gasteiger partial charge in [0.2, 0.25) is 11.8 Å². The smallest absolute Gasteiger partial charge is 0.227 e. The number of anilines is 1. The molecule has 2 rings (SSSR count). The summed E-state index contributed by atoms with van der Waals surface area (Å²) in [6.07, 6.45) is 8.20. The fourth-order valence-corrected chi connectivity index (χ4v) is 3.40. The fourth-order valence-electron chi connectivity index (χ4n) is 3.40. The van der Waals surface area contributed by atoms with E-state index in [1.165, 1.54) is 19.3 Å². The maximum atomic E-state index is 12.6. The van der Waals surface area contributed by atoms with Crippen LogP contribution < -0.4 is 15.8 Å². The Morgan fingerprint density at radius 2 is 1.92 bits per heavy atom. The second-order valence-corrected chi connectivity index (χ2v) is 6.91. The monoisotopic (exact) mass is 346 g/mol. The minimum Gasteiger partial charge on any atom is -0.491 e. The first kappa shape index (κ1) is 19.3. The van der Waals surface area contributed by atoms with Gasteiger partial charge in [0.1, 0.15) is 5.75 Å². The molecule has 0 saturated heterocycles. The van der Waals surface area contributed by atoms with Crippen molar-refractivity contribution in [2.24, 2.45) is 17.6 Å². The van der Waals surface area contributed by atoms with Crippen molar-refractivity contribution >= 4 is 17.5 Å². The van der Waals surface area contributed by atoms with Crippen LogP contribution in [0.3, 0.4) is 0 Å². The van der Waals surface area contributed by atoms with Crippen LogP contribution in [0, 0.1) is 11.8 Å². The molecule has 0 aromatic heterocycles. The second kappa shape index (κ2) is 10.1. The van der Waals surface area contributed by atoms with Crippen molar-refractivity contribution in [3.05, 3.63) is 24.3 Å². The van der Waals surface area contributed by atoms with Gasteiger partial charge in [-0.25, -0.2) is 0 Å². The summed E-state index contributed by atoms with van der Waals surface area (Å²) in [6.45, 7) is 2.44. The maximum absolute atomic E-state index is 12.6. The number of nitrogens with one attached hydrogen (secondary N) is 1. The molecule has 1 aromatic carbocycles. The van der Waals surface area contributed by atoms with E-state index in [-0.39, 0.29) is 24.9 Å². The van der Waals surface area contributed by atoms with E-state index in [0.29, 0.717) is 11.4 Å². The number of unbranched alkanes of at least 4 members (excludes halogenated alkanes) is 1. The van der Waals surface area contributed by atoms with E-state index in [1.807, 2.05) is 18.2 Å². The van der Waals surface area contributed by atoms with Crippen LogP contribution in [-0.2, 0) is 9.59 Å². The van der Waals surface area contributed by atoms with E-state index >= 15 is 0 Å². The molecule has 1 aliphatic rings. The molecule has 0 atom stereocenters. The number of hydrogen-bond acceptors (Lipinski definition) is 3. The van der Waals surface area contributed by atoms with Gasteiger partial charge in [0.25, 0.3) is 0 Å². The van der Waals surface area contributed by atoms with Gasteiger partial charge in [0, 0.05) is 5.92 Å². The Hall–Kier alpha value is -2.04. The van der Waals surface area contributed by atoms with E-state index in [4.69, 9.17) is 10.5 Å². The highest BCUT2D eigenvalue weighted by molar-refractivity contribution is 5.94. The number of benzene rings is 1. The average molecular weight is 346 g/mol. The van der Waals surface area contributed by atoms with Crippen LogP contribution in [0.15, 0.2) is 24.3 Å². The second-order valence-electron chi connectivity index (χ2n) is 6.91. The van der Waals surface area contributed by atoms with Crippen molar-refractivity contribution in [2.75, 3.05) is 11.9 Å². The molecule has 2 amide bonds. The average Bonchev–Trinajstić information content (AvgIpc) is 2.61. The van der Waals surface area contributed by atoms with Crippen LogP contribution >= 0.6 is 0 Å². The molecule has 1 aliphatic carbocycles. The summed E-state index contributed by atoms with van der Waals surface area (Å²) < 4.78 is 5.58. The summed E-state index contributed by atoms with van der Waals surface area (Å²) >= 11 is 0. The summed E-state index contributed by atoms with van der Waals surface area (Å²) in [6, 6.07) is 7.31. The molecule has 1 aromatic rings. The van der Waals surface area contributed by atoms with Gasteiger partial charge in [-0.05, 0) is 43.7 Å². The Morgan fingerprint density at radius 1 is 1.20 bits per heavy atom. The molecule has 138 valence electrons. The molecule has 3 N–H and O–H groups in total. The third-order valence-corrected chi connectivity index (χ3v) is 4.93. The Bertz CT molecular complexity index is 566. The standard InChI is InChI=1S/C20H30N2O3/c1-2-3-6-15-9-11-16(12-10-15)20(24)22-17-7-4-5-8-18(17)25-14-13-19(21)23/h4-5,7-8,15-16H,2-3,6,9-14H2,1H3,(H2,21,23)(H,22,24). The van der Waals surface area contributed by atoms with Crippen molar-refractivity contribution in [2.45, 2.75) is 58.3 Å². The first-order chi connectivity index (χ1) is 12.1. The highest BCUT2D eigenvalue weighted by Gasteiger charge is 2.26. The SMILES string of the molecule is CCCCC1CCC(C(=O)Nc2ccccc2OCCC(N)=O)CC1. The number of nitrogens with two attached hydrogens (primary N) is 1. The van der Waals surface area contributed by atoms with Gasteiger partial charge in [0.15, 0.2) is 0 Å². The summed E-state index contributed by atoms with van der Waals surface area (Å²) in [7, 11) is 0. The summed E-state index contributed by atoms with van der Waals surface area (Å²) in [5.74, 6) is 1.11. The highest BCUT2D eigenvalue weighted by Crippen LogP contribution is 2.33. The zero-order valence-electron chi connectivity index (χ0n) is 15.1. The van der Waals surface area contributed by atoms with Crippen molar-refractivity contribution in [1.82, 2.24) is 0 Å². The Kier molecular flexibility index (Phi) is 7.76. The first-order valence-electron chi connectivity index (χ1n) is 9.41. The van der Waals surface area contributed by atoms with Crippen molar-refractivity contribution in [3.8, 4) is 5.75 Å². The molecule has 0 spiro atoms. The van der Waals surface area contributed by atoms with Crippen LogP contribution in [0.4, 0.5) is 5.69 Å². The number of para-hydroxylation sites is 2. The molecule has 0 aliphatic heterocycles.